The van der Waals surface area contributed by atoms with Gasteiger partial charge in [-0.25, -0.2) is 4.98 Å². The van der Waals surface area contributed by atoms with E-state index in [1.807, 2.05) is 12.3 Å². The van der Waals surface area contributed by atoms with Crippen molar-refractivity contribution < 1.29 is 18.0 Å². The van der Waals surface area contributed by atoms with Gasteiger partial charge >= 0.3 is 6.18 Å². The van der Waals surface area contributed by atoms with Crippen molar-refractivity contribution in [3.63, 3.8) is 0 Å². The van der Waals surface area contributed by atoms with Gasteiger partial charge in [-0.15, -0.1) is 11.3 Å². The minimum Gasteiger partial charge on any atom is -0.348 e. The molecular weight excluding hydrogens is 265 g/mol. The van der Waals surface area contributed by atoms with E-state index in [-0.39, 0.29) is 5.56 Å². The second-order valence-corrected chi connectivity index (χ2v) is 4.82. The molecule has 0 aliphatic carbocycles. The van der Waals surface area contributed by atoms with Crippen molar-refractivity contribution in [3.05, 3.63) is 40.1 Å². The van der Waals surface area contributed by atoms with Gasteiger partial charge in [0.05, 0.1) is 17.2 Å². The van der Waals surface area contributed by atoms with Crippen LogP contribution in [0, 0.1) is 6.92 Å². The summed E-state index contributed by atoms with van der Waals surface area (Å²) in [5.41, 5.74) is 0.411. The molecule has 0 saturated carbocycles. The summed E-state index contributed by atoms with van der Waals surface area (Å²) in [6.45, 7) is 2.21. The molecule has 2 aromatic rings. The van der Waals surface area contributed by atoms with Gasteiger partial charge in [-0.2, -0.15) is 13.2 Å². The summed E-state index contributed by atoms with van der Waals surface area (Å²) >= 11 is 1.47. The molecule has 0 radical (unpaired) electrons. The number of rotatable bonds is 3. The highest BCUT2D eigenvalue weighted by Crippen LogP contribution is 2.21. The maximum Gasteiger partial charge on any atom is 0.454 e. The lowest BCUT2D eigenvalue weighted by Crippen LogP contribution is -2.22. The minimum atomic E-state index is -4.83. The molecule has 0 aromatic carbocycles. The number of thiazole rings is 1. The molecule has 0 fully saturated rings. The van der Waals surface area contributed by atoms with E-state index >= 15 is 0 Å². The molecule has 0 spiro atoms. The van der Waals surface area contributed by atoms with Crippen molar-refractivity contribution in [1.29, 1.82) is 0 Å². The van der Waals surface area contributed by atoms with E-state index in [2.05, 4.69) is 4.98 Å². The highest BCUT2D eigenvalue weighted by molar-refractivity contribution is 7.09. The number of carbonyl (C=O) groups is 1. The maximum absolute atomic E-state index is 12.2. The number of hydrogen-bond donors (Lipinski definition) is 0. The summed E-state index contributed by atoms with van der Waals surface area (Å²) in [7, 11) is 0. The molecule has 0 aliphatic heterocycles. The van der Waals surface area contributed by atoms with Crippen LogP contribution in [0.3, 0.4) is 0 Å². The molecule has 2 rings (SSSR count). The van der Waals surface area contributed by atoms with Crippen LogP contribution in [0.15, 0.2) is 23.8 Å². The third-order valence-electron chi connectivity index (χ3n) is 2.28. The Morgan fingerprint density at radius 2 is 2.22 bits per heavy atom. The number of halogens is 3. The van der Waals surface area contributed by atoms with Gasteiger partial charge in [0.1, 0.15) is 0 Å². The van der Waals surface area contributed by atoms with E-state index < -0.39 is 12.0 Å². The lowest BCUT2D eigenvalue weighted by atomic mass is 10.2. The number of nitrogens with zero attached hydrogens (tertiary/aromatic N) is 2. The fourth-order valence-electron chi connectivity index (χ4n) is 1.50. The predicted molar refractivity (Wildman–Crippen MR) is 60.8 cm³/mol. The van der Waals surface area contributed by atoms with E-state index in [4.69, 9.17) is 0 Å². The lowest BCUT2D eigenvalue weighted by Gasteiger charge is -2.02. The maximum atomic E-state index is 12.2. The molecule has 7 heteroatoms. The average molecular weight is 274 g/mol. The zero-order valence-electron chi connectivity index (χ0n) is 9.36. The average Bonchev–Trinajstić information content (AvgIpc) is 2.86. The van der Waals surface area contributed by atoms with E-state index in [0.29, 0.717) is 6.54 Å². The summed E-state index contributed by atoms with van der Waals surface area (Å²) in [6.07, 6.45) is -2.21. The number of alkyl halides is 3. The summed E-state index contributed by atoms with van der Waals surface area (Å²) in [5, 5.41) is 2.73. The Labute approximate surface area is 105 Å². The molecule has 0 aliphatic rings. The van der Waals surface area contributed by atoms with Gasteiger partial charge in [0.25, 0.3) is 5.78 Å². The van der Waals surface area contributed by atoms with Gasteiger partial charge in [0.15, 0.2) is 0 Å². The summed E-state index contributed by atoms with van der Waals surface area (Å²) in [5.74, 6) is -1.82. The SMILES string of the molecule is Cc1nc(Cn2ccc(C(=O)C(F)(F)F)c2)cs1. The van der Waals surface area contributed by atoms with E-state index in [9.17, 15) is 18.0 Å². The highest BCUT2D eigenvalue weighted by Gasteiger charge is 2.39. The Hall–Kier alpha value is -1.63. The van der Waals surface area contributed by atoms with E-state index in [1.54, 1.807) is 0 Å². The van der Waals surface area contributed by atoms with Crippen molar-refractivity contribution in [2.45, 2.75) is 19.6 Å². The summed E-state index contributed by atoms with van der Waals surface area (Å²) in [4.78, 5) is 15.2. The van der Waals surface area contributed by atoms with Crippen LogP contribution in [0.5, 0.6) is 0 Å². The first kappa shape index (κ1) is 12.8. The molecule has 0 unspecified atom stereocenters. The second kappa shape index (κ2) is 4.56. The van der Waals surface area contributed by atoms with Crippen LogP contribution >= 0.6 is 11.3 Å². The zero-order valence-corrected chi connectivity index (χ0v) is 10.2. The monoisotopic (exact) mass is 274 g/mol. The number of hydrogen-bond acceptors (Lipinski definition) is 3. The first-order valence-corrected chi connectivity index (χ1v) is 5.92. The van der Waals surface area contributed by atoms with Crippen molar-refractivity contribution in [2.24, 2.45) is 0 Å². The summed E-state index contributed by atoms with van der Waals surface area (Å²) in [6, 6.07) is 1.16. The number of Topliss-reactive ketones (excluding diaryl/α,β-unsaturated/α-hetero) is 1. The number of aryl methyl sites for hydroxylation is 1. The zero-order chi connectivity index (χ0) is 13.3. The Morgan fingerprint density at radius 3 is 2.78 bits per heavy atom. The van der Waals surface area contributed by atoms with E-state index in [0.717, 1.165) is 16.8 Å². The second-order valence-electron chi connectivity index (χ2n) is 3.76. The molecule has 0 amide bonds. The van der Waals surface area contributed by atoms with Crippen LogP contribution in [-0.2, 0) is 6.54 Å². The largest absolute Gasteiger partial charge is 0.454 e. The first-order valence-electron chi connectivity index (χ1n) is 5.04. The normalized spacial score (nSPS) is 11.8. The van der Waals surface area contributed by atoms with Crippen molar-refractivity contribution in [2.75, 3.05) is 0 Å². The van der Waals surface area contributed by atoms with E-state index in [1.165, 1.54) is 28.3 Å². The van der Waals surface area contributed by atoms with Crippen molar-refractivity contribution in [1.82, 2.24) is 9.55 Å². The molecular formula is C11H9F3N2OS. The van der Waals surface area contributed by atoms with Crippen LogP contribution < -0.4 is 0 Å². The third-order valence-corrected chi connectivity index (χ3v) is 3.10. The van der Waals surface area contributed by atoms with Gasteiger partial charge in [-0.3, -0.25) is 4.79 Å². The molecule has 0 N–H and O–H groups in total. The molecule has 2 heterocycles. The molecule has 0 atom stereocenters. The van der Waals surface area contributed by atoms with Crippen LogP contribution in [0.25, 0.3) is 0 Å². The lowest BCUT2D eigenvalue weighted by molar-refractivity contribution is -0.0885. The predicted octanol–water partition coefficient (Wildman–Crippen LogP) is 3.05. The molecule has 18 heavy (non-hydrogen) atoms. The molecule has 0 bridgehead atoms. The Morgan fingerprint density at radius 1 is 1.50 bits per heavy atom. The molecule has 3 nitrogen and oxygen atoms in total. The third kappa shape index (κ3) is 2.79. The Kier molecular flexibility index (Phi) is 3.25. The topological polar surface area (TPSA) is 34.9 Å². The van der Waals surface area contributed by atoms with Crippen molar-refractivity contribution >= 4 is 17.1 Å². The van der Waals surface area contributed by atoms with Crippen molar-refractivity contribution in [3.8, 4) is 0 Å². The number of ketones is 1. The van der Waals surface area contributed by atoms with Gasteiger partial charge in [0.2, 0.25) is 0 Å². The summed E-state index contributed by atoms with van der Waals surface area (Å²) < 4.78 is 38.1. The standard InChI is InChI=1S/C11H9F3N2OS/c1-7-15-9(6-18-7)5-16-3-2-8(4-16)10(17)11(12,13)14/h2-4,6H,5H2,1H3. The van der Waals surface area contributed by atoms with Crippen LogP contribution in [0.2, 0.25) is 0 Å². The van der Waals surface area contributed by atoms with Gasteiger partial charge in [-0.1, -0.05) is 0 Å². The fourth-order valence-corrected chi connectivity index (χ4v) is 2.11. The minimum absolute atomic E-state index is 0.352. The quantitative estimate of drug-likeness (QED) is 0.806. The van der Waals surface area contributed by atoms with Gasteiger partial charge in [-0.05, 0) is 13.0 Å². The molecule has 2 aromatic heterocycles. The number of aromatic nitrogens is 2. The van der Waals surface area contributed by atoms with Gasteiger partial charge in [0, 0.05) is 23.3 Å². The Balaban J connectivity index is 2.14. The first-order chi connectivity index (χ1) is 8.36. The molecule has 0 saturated heterocycles. The fraction of sp³-hybridized carbons (Fsp3) is 0.273. The smallest absolute Gasteiger partial charge is 0.348 e. The van der Waals surface area contributed by atoms with Crippen LogP contribution in [0.1, 0.15) is 21.1 Å². The highest BCUT2D eigenvalue weighted by atomic mass is 32.1. The van der Waals surface area contributed by atoms with Gasteiger partial charge < -0.3 is 4.57 Å². The Bertz CT molecular complexity index is 571. The van der Waals surface area contributed by atoms with Crippen LogP contribution in [-0.4, -0.2) is 21.5 Å². The number of carbonyl (C=O) groups excluding carboxylic acids is 1. The molecule has 96 valence electrons. The van der Waals surface area contributed by atoms with Crippen LogP contribution in [0.4, 0.5) is 13.2 Å².